The lowest BCUT2D eigenvalue weighted by molar-refractivity contribution is 0.235. The number of nitrogens with one attached hydrogen (secondary N) is 1. The molecule has 6 heteroatoms. The highest BCUT2D eigenvalue weighted by molar-refractivity contribution is 6.28. The highest BCUT2D eigenvalue weighted by Crippen LogP contribution is 2.21. The van der Waals surface area contributed by atoms with Crippen molar-refractivity contribution in [2.45, 2.75) is 20.0 Å². The van der Waals surface area contributed by atoms with Crippen LogP contribution in [0.25, 0.3) is 11.2 Å². The van der Waals surface area contributed by atoms with E-state index in [1.165, 1.54) is 6.33 Å². The van der Waals surface area contributed by atoms with Crippen LogP contribution >= 0.6 is 11.6 Å². The Morgan fingerprint density at radius 1 is 1.43 bits per heavy atom. The maximum atomic E-state index is 5.71. The van der Waals surface area contributed by atoms with Crippen molar-refractivity contribution in [3.05, 3.63) is 11.6 Å². The number of H-pyrrole nitrogens is 1. The Bertz CT molecular complexity index is 454. The van der Waals surface area contributed by atoms with Gasteiger partial charge in [0.1, 0.15) is 5.52 Å². The molecular formula is C8H9ClN4O. The summed E-state index contributed by atoms with van der Waals surface area (Å²) in [7, 11) is 0. The van der Waals surface area contributed by atoms with Crippen LogP contribution in [0.5, 0.6) is 5.88 Å². The first-order chi connectivity index (χ1) is 6.66. The zero-order valence-corrected chi connectivity index (χ0v) is 8.54. The van der Waals surface area contributed by atoms with E-state index in [9.17, 15) is 0 Å². The second-order valence-corrected chi connectivity index (χ2v) is 3.40. The minimum atomic E-state index is 0.0347. The van der Waals surface area contributed by atoms with Gasteiger partial charge in [0.15, 0.2) is 5.65 Å². The average molecular weight is 213 g/mol. The Morgan fingerprint density at radius 2 is 2.21 bits per heavy atom. The summed E-state index contributed by atoms with van der Waals surface area (Å²) in [6.45, 7) is 3.83. The van der Waals surface area contributed by atoms with Crippen LogP contribution in [-0.4, -0.2) is 26.0 Å². The largest absolute Gasteiger partial charge is 0.473 e. The summed E-state index contributed by atoms with van der Waals surface area (Å²) in [6, 6.07) is 0. The predicted molar refractivity (Wildman–Crippen MR) is 52.5 cm³/mol. The molecule has 0 aliphatic heterocycles. The molecule has 2 rings (SSSR count). The first-order valence-corrected chi connectivity index (χ1v) is 4.58. The monoisotopic (exact) mass is 212 g/mol. The van der Waals surface area contributed by atoms with Crippen LogP contribution in [0.2, 0.25) is 5.28 Å². The van der Waals surface area contributed by atoms with Crippen LogP contribution in [0.4, 0.5) is 0 Å². The molecule has 0 aromatic carbocycles. The second-order valence-electron chi connectivity index (χ2n) is 3.07. The van der Waals surface area contributed by atoms with Gasteiger partial charge in [-0.1, -0.05) is 0 Å². The van der Waals surface area contributed by atoms with Gasteiger partial charge in [0, 0.05) is 0 Å². The number of aromatic amines is 1. The van der Waals surface area contributed by atoms with E-state index in [-0.39, 0.29) is 11.4 Å². The number of aromatic nitrogens is 4. The van der Waals surface area contributed by atoms with E-state index in [0.717, 1.165) is 0 Å². The quantitative estimate of drug-likeness (QED) is 0.771. The molecule has 0 saturated heterocycles. The van der Waals surface area contributed by atoms with Gasteiger partial charge in [-0.25, -0.2) is 4.98 Å². The van der Waals surface area contributed by atoms with E-state index >= 15 is 0 Å². The molecule has 14 heavy (non-hydrogen) atoms. The molecule has 74 valence electrons. The number of hydrogen-bond acceptors (Lipinski definition) is 4. The molecule has 1 N–H and O–H groups in total. The van der Waals surface area contributed by atoms with Gasteiger partial charge >= 0.3 is 0 Å². The third-order valence-corrected chi connectivity index (χ3v) is 1.74. The zero-order chi connectivity index (χ0) is 10.1. The number of halogens is 1. The van der Waals surface area contributed by atoms with Crippen LogP contribution < -0.4 is 4.74 Å². The van der Waals surface area contributed by atoms with Gasteiger partial charge in [0.05, 0.1) is 12.4 Å². The standard InChI is InChI=1S/C8H9ClN4O/c1-4(2)14-7-5-6(11-3-10-5)12-8(9)13-7/h3-4H,1-2H3,(H,10,11,12,13). The molecule has 0 saturated carbocycles. The van der Waals surface area contributed by atoms with Crippen LogP contribution in [0.3, 0.4) is 0 Å². The number of fused-ring (bicyclic) bond motifs is 1. The number of ether oxygens (including phenoxy) is 1. The normalized spacial score (nSPS) is 11.1. The van der Waals surface area contributed by atoms with Crippen LogP contribution in [-0.2, 0) is 0 Å². The summed E-state index contributed by atoms with van der Waals surface area (Å²) in [5, 5.41) is 0.139. The smallest absolute Gasteiger partial charge is 0.244 e. The molecule has 5 nitrogen and oxygen atoms in total. The van der Waals surface area contributed by atoms with Gasteiger partial charge in [-0.2, -0.15) is 9.97 Å². The minimum absolute atomic E-state index is 0.0347. The summed E-state index contributed by atoms with van der Waals surface area (Å²) in [4.78, 5) is 14.8. The van der Waals surface area contributed by atoms with Crippen molar-refractivity contribution in [2.75, 3.05) is 0 Å². The van der Waals surface area contributed by atoms with Gasteiger partial charge in [0.2, 0.25) is 11.2 Å². The highest BCUT2D eigenvalue weighted by atomic mass is 35.5. The van der Waals surface area contributed by atoms with Crippen molar-refractivity contribution in [3.63, 3.8) is 0 Å². The Hall–Kier alpha value is -1.36. The molecule has 0 atom stereocenters. The predicted octanol–water partition coefficient (Wildman–Crippen LogP) is 1.79. The molecule has 2 aromatic heterocycles. The number of rotatable bonds is 2. The summed E-state index contributed by atoms with van der Waals surface area (Å²) in [5.74, 6) is 0.438. The molecule has 0 aliphatic rings. The van der Waals surface area contributed by atoms with E-state index in [2.05, 4.69) is 19.9 Å². The first-order valence-electron chi connectivity index (χ1n) is 4.20. The minimum Gasteiger partial charge on any atom is -0.473 e. The molecule has 0 radical (unpaired) electrons. The fourth-order valence-corrected chi connectivity index (χ4v) is 1.25. The summed E-state index contributed by atoms with van der Waals surface area (Å²) >= 11 is 5.71. The summed E-state index contributed by atoms with van der Waals surface area (Å²) in [5.41, 5.74) is 1.18. The van der Waals surface area contributed by atoms with E-state index in [4.69, 9.17) is 16.3 Å². The topological polar surface area (TPSA) is 63.7 Å². The van der Waals surface area contributed by atoms with Crippen molar-refractivity contribution in [1.29, 1.82) is 0 Å². The number of nitrogens with zero attached hydrogens (tertiary/aromatic N) is 3. The number of imidazole rings is 1. The lowest BCUT2D eigenvalue weighted by Gasteiger charge is -2.08. The van der Waals surface area contributed by atoms with Crippen molar-refractivity contribution < 1.29 is 4.74 Å². The molecule has 0 amide bonds. The van der Waals surface area contributed by atoms with Crippen LogP contribution in [0.1, 0.15) is 13.8 Å². The lowest BCUT2D eigenvalue weighted by atomic mass is 10.4. The molecular weight excluding hydrogens is 204 g/mol. The molecule has 2 heterocycles. The Balaban J connectivity index is 2.55. The maximum absolute atomic E-state index is 5.71. The molecule has 0 bridgehead atoms. The van der Waals surface area contributed by atoms with Crippen LogP contribution in [0, 0.1) is 0 Å². The fraction of sp³-hybridized carbons (Fsp3) is 0.375. The van der Waals surface area contributed by atoms with Crippen LogP contribution in [0.15, 0.2) is 6.33 Å². The van der Waals surface area contributed by atoms with Gasteiger partial charge in [-0.3, -0.25) is 0 Å². The van der Waals surface area contributed by atoms with E-state index in [1.807, 2.05) is 13.8 Å². The molecule has 0 unspecified atom stereocenters. The maximum Gasteiger partial charge on any atom is 0.244 e. The molecule has 0 aliphatic carbocycles. The zero-order valence-electron chi connectivity index (χ0n) is 7.78. The van der Waals surface area contributed by atoms with Gasteiger partial charge in [-0.05, 0) is 25.4 Å². The Labute approximate surface area is 85.5 Å². The highest BCUT2D eigenvalue weighted by Gasteiger charge is 2.10. The van der Waals surface area contributed by atoms with E-state index < -0.39 is 0 Å². The van der Waals surface area contributed by atoms with Gasteiger partial charge < -0.3 is 9.72 Å². The van der Waals surface area contributed by atoms with Crippen molar-refractivity contribution in [2.24, 2.45) is 0 Å². The SMILES string of the molecule is CC(C)Oc1nc(Cl)nc2nc[nH]c12. The second kappa shape index (κ2) is 3.42. The summed E-state index contributed by atoms with van der Waals surface area (Å²) in [6.07, 6.45) is 1.57. The Kier molecular flexibility index (Phi) is 2.25. The third kappa shape index (κ3) is 1.63. The van der Waals surface area contributed by atoms with Gasteiger partial charge in [-0.15, -0.1) is 0 Å². The molecule has 2 aromatic rings. The number of hydrogen-bond donors (Lipinski definition) is 1. The van der Waals surface area contributed by atoms with E-state index in [0.29, 0.717) is 17.0 Å². The Morgan fingerprint density at radius 3 is 2.93 bits per heavy atom. The lowest BCUT2D eigenvalue weighted by Crippen LogP contribution is -2.07. The summed E-state index contributed by atoms with van der Waals surface area (Å²) < 4.78 is 5.46. The average Bonchev–Trinajstić information content (AvgIpc) is 2.50. The third-order valence-electron chi connectivity index (χ3n) is 1.57. The van der Waals surface area contributed by atoms with Crippen molar-refractivity contribution in [3.8, 4) is 5.88 Å². The van der Waals surface area contributed by atoms with Crippen molar-refractivity contribution >= 4 is 22.8 Å². The molecule has 0 fully saturated rings. The van der Waals surface area contributed by atoms with Gasteiger partial charge in [0.25, 0.3) is 0 Å². The fourth-order valence-electron chi connectivity index (χ4n) is 1.09. The molecule has 0 spiro atoms. The van der Waals surface area contributed by atoms with Crippen molar-refractivity contribution in [1.82, 2.24) is 19.9 Å². The van der Waals surface area contributed by atoms with E-state index in [1.54, 1.807) is 0 Å². The first kappa shape index (κ1) is 9.21.